The topological polar surface area (TPSA) is 69.0 Å². The van der Waals surface area contributed by atoms with E-state index in [1.807, 2.05) is 12.1 Å². The highest BCUT2D eigenvalue weighted by atomic mass is 79.9. The minimum absolute atomic E-state index is 0.517. The van der Waals surface area contributed by atoms with Crippen LogP contribution in [0, 0.1) is 0 Å². The van der Waals surface area contributed by atoms with Crippen molar-refractivity contribution in [2.45, 2.75) is 26.4 Å². The second kappa shape index (κ2) is 5.62. The minimum atomic E-state index is -0.538. The molecule has 0 fully saturated rings. The van der Waals surface area contributed by atoms with E-state index in [1.165, 1.54) is 6.20 Å². The molecule has 1 amide bonds. The van der Waals surface area contributed by atoms with Gasteiger partial charge in [-0.1, -0.05) is 0 Å². The third-order valence-corrected chi connectivity index (χ3v) is 2.80. The van der Waals surface area contributed by atoms with Crippen LogP contribution >= 0.6 is 15.9 Å². The molecule has 0 saturated heterocycles. The predicted octanol–water partition coefficient (Wildman–Crippen LogP) is 3.38. The summed E-state index contributed by atoms with van der Waals surface area (Å²) < 4.78 is 7.55. The maximum atomic E-state index is 11.6. The summed E-state index contributed by atoms with van der Waals surface area (Å²) in [6, 6.07) is 3.68. The Morgan fingerprint density at radius 2 is 2.20 bits per heavy atom. The van der Waals surface area contributed by atoms with Crippen LogP contribution in [0.5, 0.6) is 0 Å². The van der Waals surface area contributed by atoms with E-state index in [0.717, 1.165) is 4.47 Å². The van der Waals surface area contributed by atoms with Gasteiger partial charge in [-0.25, -0.2) is 14.5 Å². The molecule has 2 rings (SSSR count). The van der Waals surface area contributed by atoms with E-state index in [-0.39, 0.29) is 0 Å². The molecule has 1 N–H and O–H groups in total. The first-order chi connectivity index (χ1) is 9.35. The van der Waals surface area contributed by atoms with Crippen LogP contribution in [-0.4, -0.2) is 26.5 Å². The third-order valence-electron chi connectivity index (χ3n) is 2.18. The van der Waals surface area contributed by atoms with Crippen molar-refractivity contribution < 1.29 is 9.53 Å². The van der Waals surface area contributed by atoms with Gasteiger partial charge >= 0.3 is 6.09 Å². The smallest absolute Gasteiger partial charge is 0.412 e. The lowest BCUT2D eigenvalue weighted by Crippen LogP contribution is -2.27. The van der Waals surface area contributed by atoms with Gasteiger partial charge in [0.15, 0.2) is 5.82 Å². The molecule has 0 aliphatic rings. The zero-order valence-corrected chi connectivity index (χ0v) is 13.0. The van der Waals surface area contributed by atoms with Crippen LogP contribution in [0.2, 0.25) is 0 Å². The maximum absolute atomic E-state index is 11.6. The lowest BCUT2D eigenvalue weighted by atomic mass is 10.2. The number of hydrogen-bond acceptors (Lipinski definition) is 4. The number of pyridine rings is 1. The van der Waals surface area contributed by atoms with Gasteiger partial charge in [0.1, 0.15) is 5.60 Å². The fourth-order valence-electron chi connectivity index (χ4n) is 1.47. The number of amides is 1. The SMILES string of the molecule is CC(C)(C)OC(=O)Nc1cnn(-c2ncccc2Br)c1. The van der Waals surface area contributed by atoms with E-state index in [9.17, 15) is 4.79 Å². The first-order valence-corrected chi connectivity index (χ1v) is 6.80. The van der Waals surface area contributed by atoms with Gasteiger partial charge in [0.2, 0.25) is 0 Å². The normalized spacial score (nSPS) is 11.2. The van der Waals surface area contributed by atoms with Crippen molar-refractivity contribution in [3.63, 3.8) is 0 Å². The van der Waals surface area contributed by atoms with Gasteiger partial charge in [-0.15, -0.1) is 0 Å². The highest BCUT2D eigenvalue weighted by molar-refractivity contribution is 9.10. The second-order valence-electron chi connectivity index (χ2n) is 5.11. The zero-order chi connectivity index (χ0) is 14.8. The molecule has 6 nitrogen and oxygen atoms in total. The van der Waals surface area contributed by atoms with E-state index in [4.69, 9.17) is 4.74 Å². The number of carbonyl (C=O) groups is 1. The van der Waals surface area contributed by atoms with Crippen molar-refractivity contribution in [1.82, 2.24) is 14.8 Å². The molecular weight excluding hydrogens is 324 g/mol. The molecule has 2 aromatic rings. The quantitative estimate of drug-likeness (QED) is 0.911. The highest BCUT2D eigenvalue weighted by Crippen LogP contribution is 2.19. The Kier molecular flexibility index (Phi) is 4.08. The molecule has 2 heterocycles. The Bertz CT molecular complexity index is 619. The largest absolute Gasteiger partial charge is 0.444 e. The number of aromatic nitrogens is 3. The highest BCUT2D eigenvalue weighted by Gasteiger charge is 2.17. The average Bonchev–Trinajstić information content (AvgIpc) is 2.75. The zero-order valence-electron chi connectivity index (χ0n) is 11.4. The molecule has 7 heteroatoms. The third kappa shape index (κ3) is 3.80. The van der Waals surface area contributed by atoms with Crippen molar-refractivity contribution in [3.8, 4) is 5.82 Å². The van der Waals surface area contributed by atoms with Crippen LogP contribution in [0.1, 0.15) is 20.8 Å². The fourth-order valence-corrected chi connectivity index (χ4v) is 1.91. The Morgan fingerprint density at radius 3 is 2.85 bits per heavy atom. The van der Waals surface area contributed by atoms with Crippen molar-refractivity contribution in [2.24, 2.45) is 0 Å². The molecule has 0 bridgehead atoms. The van der Waals surface area contributed by atoms with Crippen LogP contribution in [0.25, 0.3) is 5.82 Å². The van der Waals surface area contributed by atoms with E-state index in [0.29, 0.717) is 11.5 Å². The standard InChI is InChI=1S/C13H15BrN4O2/c1-13(2,3)20-12(19)17-9-7-16-18(8-9)11-10(14)5-4-6-15-11/h4-8H,1-3H3,(H,17,19). The summed E-state index contributed by atoms with van der Waals surface area (Å²) in [5, 5.41) is 6.77. The van der Waals surface area contributed by atoms with Gasteiger partial charge < -0.3 is 4.74 Å². The van der Waals surface area contributed by atoms with Crippen molar-refractivity contribution in [1.29, 1.82) is 0 Å². The summed E-state index contributed by atoms with van der Waals surface area (Å²) in [5.41, 5.74) is 0.00110. The summed E-state index contributed by atoms with van der Waals surface area (Å²) in [4.78, 5) is 15.9. The Hall–Kier alpha value is -1.89. The molecule has 0 aliphatic heterocycles. The number of nitrogens with one attached hydrogen (secondary N) is 1. The van der Waals surface area contributed by atoms with Gasteiger partial charge in [-0.2, -0.15) is 5.10 Å². The van der Waals surface area contributed by atoms with Gasteiger partial charge in [0.05, 0.1) is 22.6 Å². The monoisotopic (exact) mass is 338 g/mol. The maximum Gasteiger partial charge on any atom is 0.412 e. The summed E-state index contributed by atoms with van der Waals surface area (Å²) >= 11 is 3.40. The molecule has 0 saturated carbocycles. The summed E-state index contributed by atoms with van der Waals surface area (Å²) in [5.74, 6) is 0.643. The summed E-state index contributed by atoms with van der Waals surface area (Å²) in [6.07, 6.45) is 4.35. The van der Waals surface area contributed by atoms with Gasteiger partial charge in [0, 0.05) is 6.20 Å². The average molecular weight is 339 g/mol. The Balaban J connectivity index is 2.10. The first kappa shape index (κ1) is 14.5. The van der Waals surface area contributed by atoms with Crippen LogP contribution in [0.4, 0.5) is 10.5 Å². The fraction of sp³-hybridized carbons (Fsp3) is 0.308. The molecule has 0 atom stereocenters. The van der Waals surface area contributed by atoms with Crippen LogP contribution < -0.4 is 5.32 Å². The van der Waals surface area contributed by atoms with E-state index < -0.39 is 11.7 Å². The Morgan fingerprint density at radius 1 is 1.45 bits per heavy atom. The van der Waals surface area contributed by atoms with E-state index in [2.05, 4.69) is 31.3 Å². The van der Waals surface area contributed by atoms with Crippen LogP contribution in [0.3, 0.4) is 0 Å². The number of halogens is 1. The van der Waals surface area contributed by atoms with Gasteiger partial charge in [-0.3, -0.25) is 5.32 Å². The number of nitrogens with zero attached hydrogens (tertiary/aromatic N) is 3. The number of rotatable bonds is 2. The second-order valence-corrected chi connectivity index (χ2v) is 5.96. The number of ether oxygens (including phenoxy) is 1. The van der Waals surface area contributed by atoms with Crippen molar-refractivity contribution in [2.75, 3.05) is 5.32 Å². The number of hydrogen-bond donors (Lipinski definition) is 1. The summed E-state index contributed by atoms with van der Waals surface area (Å²) in [7, 11) is 0. The lowest BCUT2D eigenvalue weighted by molar-refractivity contribution is 0.0636. The molecule has 106 valence electrons. The van der Waals surface area contributed by atoms with Gasteiger partial charge in [0.25, 0.3) is 0 Å². The summed E-state index contributed by atoms with van der Waals surface area (Å²) in [6.45, 7) is 5.42. The molecule has 0 spiro atoms. The van der Waals surface area contributed by atoms with Gasteiger partial charge in [-0.05, 0) is 48.8 Å². The predicted molar refractivity (Wildman–Crippen MR) is 78.9 cm³/mol. The molecule has 0 radical (unpaired) electrons. The van der Waals surface area contributed by atoms with Crippen molar-refractivity contribution >= 4 is 27.7 Å². The number of anilines is 1. The molecule has 0 aliphatic carbocycles. The van der Waals surface area contributed by atoms with Crippen molar-refractivity contribution in [3.05, 3.63) is 35.2 Å². The molecule has 0 unspecified atom stereocenters. The van der Waals surface area contributed by atoms with E-state index >= 15 is 0 Å². The number of carbonyl (C=O) groups excluding carboxylic acids is 1. The Labute approximate surface area is 125 Å². The van der Waals surface area contributed by atoms with Crippen LogP contribution in [-0.2, 0) is 4.74 Å². The first-order valence-electron chi connectivity index (χ1n) is 6.01. The lowest BCUT2D eigenvalue weighted by Gasteiger charge is -2.19. The minimum Gasteiger partial charge on any atom is -0.444 e. The molecule has 0 aromatic carbocycles. The van der Waals surface area contributed by atoms with Crippen LogP contribution in [0.15, 0.2) is 35.2 Å². The molecule has 2 aromatic heterocycles. The van der Waals surface area contributed by atoms with E-state index in [1.54, 1.807) is 37.8 Å². The molecule has 20 heavy (non-hydrogen) atoms. The molecular formula is C13H15BrN4O2.